The summed E-state index contributed by atoms with van der Waals surface area (Å²) in [7, 11) is 0. The highest BCUT2D eigenvalue weighted by Crippen LogP contribution is 2.02. The van der Waals surface area contributed by atoms with E-state index in [1.54, 1.807) is 6.21 Å². The minimum Gasteiger partial charge on any atom is -0.267 e. The fourth-order valence-electron chi connectivity index (χ4n) is 0.939. The SMILES string of the molecule is CC(C)C=NNC(=O)c1cccc(F)c1. The van der Waals surface area contributed by atoms with Gasteiger partial charge in [0.15, 0.2) is 0 Å². The molecule has 0 atom stereocenters. The van der Waals surface area contributed by atoms with Crippen molar-refractivity contribution in [3.63, 3.8) is 0 Å². The number of halogens is 1. The van der Waals surface area contributed by atoms with Gasteiger partial charge in [-0.25, -0.2) is 9.82 Å². The maximum atomic E-state index is 12.8. The molecule has 0 aliphatic heterocycles. The maximum Gasteiger partial charge on any atom is 0.271 e. The Balaban J connectivity index is 2.62. The number of carbonyl (C=O) groups is 1. The van der Waals surface area contributed by atoms with Crippen molar-refractivity contribution in [3.05, 3.63) is 35.6 Å². The van der Waals surface area contributed by atoms with E-state index >= 15 is 0 Å². The van der Waals surface area contributed by atoms with E-state index < -0.39 is 11.7 Å². The second kappa shape index (κ2) is 5.24. The van der Waals surface area contributed by atoms with Crippen LogP contribution in [0, 0.1) is 11.7 Å². The highest BCUT2D eigenvalue weighted by Gasteiger charge is 2.04. The van der Waals surface area contributed by atoms with Gasteiger partial charge in [-0.2, -0.15) is 5.10 Å². The Morgan fingerprint density at radius 2 is 2.27 bits per heavy atom. The predicted molar refractivity (Wildman–Crippen MR) is 57.2 cm³/mol. The van der Waals surface area contributed by atoms with Gasteiger partial charge in [-0.15, -0.1) is 0 Å². The molecule has 15 heavy (non-hydrogen) atoms. The highest BCUT2D eigenvalue weighted by atomic mass is 19.1. The lowest BCUT2D eigenvalue weighted by Gasteiger charge is -2.00. The van der Waals surface area contributed by atoms with E-state index in [4.69, 9.17) is 0 Å². The number of carbonyl (C=O) groups excluding carboxylic acids is 1. The largest absolute Gasteiger partial charge is 0.271 e. The van der Waals surface area contributed by atoms with E-state index in [0.717, 1.165) is 0 Å². The van der Waals surface area contributed by atoms with Crippen molar-refractivity contribution in [1.82, 2.24) is 5.43 Å². The molecule has 1 aromatic carbocycles. The lowest BCUT2D eigenvalue weighted by molar-refractivity contribution is 0.0954. The minimum atomic E-state index is -0.435. The van der Waals surface area contributed by atoms with Crippen LogP contribution in [0.3, 0.4) is 0 Å². The average molecular weight is 208 g/mol. The van der Waals surface area contributed by atoms with Crippen LogP contribution < -0.4 is 5.43 Å². The van der Waals surface area contributed by atoms with Crippen LogP contribution in [-0.4, -0.2) is 12.1 Å². The van der Waals surface area contributed by atoms with Crippen molar-refractivity contribution in [2.24, 2.45) is 11.0 Å². The molecule has 0 saturated carbocycles. The fourth-order valence-corrected chi connectivity index (χ4v) is 0.939. The van der Waals surface area contributed by atoms with Crippen LogP contribution >= 0.6 is 0 Å². The molecule has 1 N–H and O–H groups in total. The Morgan fingerprint density at radius 1 is 1.53 bits per heavy atom. The molecule has 0 fully saturated rings. The van der Waals surface area contributed by atoms with Gasteiger partial charge in [0, 0.05) is 11.8 Å². The van der Waals surface area contributed by atoms with Crippen molar-refractivity contribution in [3.8, 4) is 0 Å². The molecule has 1 amide bonds. The number of benzene rings is 1. The van der Waals surface area contributed by atoms with Crippen LogP contribution in [-0.2, 0) is 0 Å². The van der Waals surface area contributed by atoms with Gasteiger partial charge in [0.1, 0.15) is 5.82 Å². The van der Waals surface area contributed by atoms with Gasteiger partial charge >= 0.3 is 0 Å². The van der Waals surface area contributed by atoms with E-state index in [-0.39, 0.29) is 11.5 Å². The summed E-state index contributed by atoms with van der Waals surface area (Å²) in [6.07, 6.45) is 1.61. The summed E-state index contributed by atoms with van der Waals surface area (Å²) in [4.78, 5) is 11.4. The van der Waals surface area contributed by atoms with Gasteiger partial charge in [0.05, 0.1) is 0 Å². The Hall–Kier alpha value is -1.71. The molecular formula is C11H13FN2O. The Morgan fingerprint density at radius 3 is 2.87 bits per heavy atom. The molecule has 0 aliphatic rings. The van der Waals surface area contributed by atoms with Crippen LogP contribution in [0.15, 0.2) is 29.4 Å². The number of amides is 1. The molecule has 0 aromatic heterocycles. The molecule has 3 nitrogen and oxygen atoms in total. The monoisotopic (exact) mass is 208 g/mol. The molecule has 0 bridgehead atoms. The van der Waals surface area contributed by atoms with E-state index in [9.17, 15) is 9.18 Å². The van der Waals surface area contributed by atoms with Gasteiger partial charge < -0.3 is 0 Å². The average Bonchev–Trinajstić information content (AvgIpc) is 2.17. The zero-order valence-corrected chi connectivity index (χ0v) is 8.70. The molecule has 0 unspecified atom stereocenters. The van der Waals surface area contributed by atoms with Crippen LogP contribution in [0.1, 0.15) is 24.2 Å². The predicted octanol–water partition coefficient (Wildman–Crippen LogP) is 2.20. The van der Waals surface area contributed by atoms with E-state index in [1.807, 2.05) is 13.8 Å². The van der Waals surface area contributed by atoms with Gasteiger partial charge in [0.25, 0.3) is 5.91 Å². The third-order valence-electron chi connectivity index (χ3n) is 1.63. The second-order valence-electron chi connectivity index (χ2n) is 3.47. The van der Waals surface area contributed by atoms with Crippen LogP contribution in [0.2, 0.25) is 0 Å². The number of nitrogens with zero attached hydrogens (tertiary/aromatic N) is 1. The molecule has 80 valence electrons. The molecule has 4 heteroatoms. The van der Waals surface area contributed by atoms with Gasteiger partial charge in [-0.3, -0.25) is 4.79 Å². The molecule has 0 aliphatic carbocycles. The van der Waals surface area contributed by atoms with Gasteiger partial charge in [0.2, 0.25) is 0 Å². The first-order valence-electron chi connectivity index (χ1n) is 4.68. The smallest absolute Gasteiger partial charge is 0.267 e. The normalized spacial score (nSPS) is 10.9. The molecular weight excluding hydrogens is 195 g/mol. The Kier molecular flexibility index (Phi) is 3.97. The Bertz CT molecular complexity index is 375. The lowest BCUT2D eigenvalue weighted by atomic mass is 10.2. The van der Waals surface area contributed by atoms with E-state index in [0.29, 0.717) is 0 Å². The molecule has 0 heterocycles. The fraction of sp³-hybridized carbons (Fsp3) is 0.273. The number of rotatable bonds is 3. The van der Waals surface area contributed by atoms with Crippen molar-refractivity contribution in [2.45, 2.75) is 13.8 Å². The third-order valence-corrected chi connectivity index (χ3v) is 1.63. The Labute approximate surface area is 88.0 Å². The summed E-state index contributed by atoms with van der Waals surface area (Å²) in [5, 5.41) is 3.73. The summed E-state index contributed by atoms with van der Waals surface area (Å²) in [5.41, 5.74) is 2.58. The molecule has 0 spiro atoms. The van der Waals surface area contributed by atoms with Crippen LogP contribution in [0.25, 0.3) is 0 Å². The van der Waals surface area contributed by atoms with Crippen LogP contribution in [0.5, 0.6) is 0 Å². The number of hydrogen-bond acceptors (Lipinski definition) is 2. The van der Waals surface area contributed by atoms with Gasteiger partial charge in [-0.1, -0.05) is 19.9 Å². The molecule has 1 rings (SSSR count). The lowest BCUT2D eigenvalue weighted by Crippen LogP contribution is -2.18. The van der Waals surface area contributed by atoms with Crippen molar-refractivity contribution < 1.29 is 9.18 Å². The van der Waals surface area contributed by atoms with Crippen molar-refractivity contribution in [2.75, 3.05) is 0 Å². The van der Waals surface area contributed by atoms with Crippen LogP contribution in [0.4, 0.5) is 4.39 Å². The molecule has 0 saturated heterocycles. The summed E-state index contributed by atoms with van der Waals surface area (Å²) >= 11 is 0. The molecule has 1 aromatic rings. The minimum absolute atomic E-state index is 0.260. The summed E-state index contributed by atoms with van der Waals surface area (Å²) < 4.78 is 12.8. The summed E-state index contributed by atoms with van der Waals surface area (Å²) in [6, 6.07) is 5.47. The first kappa shape index (κ1) is 11.4. The quantitative estimate of drug-likeness (QED) is 0.600. The zero-order valence-electron chi connectivity index (χ0n) is 8.70. The first-order valence-corrected chi connectivity index (χ1v) is 4.68. The van der Waals surface area contributed by atoms with E-state index in [2.05, 4.69) is 10.5 Å². The molecule has 0 radical (unpaired) electrons. The second-order valence-corrected chi connectivity index (χ2v) is 3.47. The maximum absolute atomic E-state index is 12.8. The third kappa shape index (κ3) is 3.89. The zero-order chi connectivity index (χ0) is 11.3. The van der Waals surface area contributed by atoms with Crippen molar-refractivity contribution >= 4 is 12.1 Å². The number of nitrogens with one attached hydrogen (secondary N) is 1. The first-order chi connectivity index (χ1) is 7.09. The standard InChI is InChI=1S/C11H13FN2O/c1-8(2)7-13-14-11(15)9-4-3-5-10(12)6-9/h3-8H,1-2H3,(H,14,15). The topological polar surface area (TPSA) is 41.5 Å². The summed E-state index contributed by atoms with van der Waals surface area (Å²) in [6.45, 7) is 3.88. The number of hydrazone groups is 1. The summed E-state index contributed by atoms with van der Waals surface area (Å²) in [5.74, 6) is -0.584. The van der Waals surface area contributed by atoms with Gasteiger partial charge in [-0.05, 0) is 24.1 Å². The van der Waals surface area contributed by atoms with Crippen molar-refractivity contribution in [1.29, 1.82) is 0 Å². The van der Waals surface area contributed by atoms with E-state index in [1.165, 1.54) is 24.3 Å². The highest BCUT2D eigenvalue weighted by molar-refractivity contribution is 5.94. The number of hydrogen-bond donors (Lipinski definition) is 1.